The largest absolute Gasteiger partial charge is 0.508 e. The number of aliphatic hydroxyl groups is 1. The molecule has 0 aliphatic carbocycles. The van der Waals surface area contributed by atoms with E-state index in [9.17, 15) is 15.0 Å². The summed E-state index contributed by atoms with van der Waals surface area (Å²) in [7, 11) is 0. The Bertz CT molecular complexity index is 748. The van der Waals surface area contributed by atoms with E-state index in [-0.39, 0.29) is 19.0 Å². The van der Waals surface area contributed by atoms with Crippen LogP contribution >= 0.6 is 0 Å². The highest BCUT2D eigenvalue weighted by Gasteiger charge is 2.07. The summed E-state index contributed by atoms with van der Waals surface area (Å²) >= 11 is 0. The average Bonchev–Trinajstić information content (AvgIpc) is 2.66. The Labute approximate surface area is 166 Å². The van der Waals surface area contributed by atoms with Crippen LogP contribution in [0.5, 0.6) is 11.5 Å². The number of phenolic OH excluding ortho intramolecular Hbond substituents is 1. The van der Waals surface area contributed by atoms with E-state index in [1.165, 1.54) is 6.08 Å². The highest BCUT2D eigenvalue weighted by atomic mass is 16.5. The normalized spacial score (nSPS) is 12.3. The molecular weight excluding hydrogens is 356 g/mol. The molecule has 0 aliphatic rings. The molecule has 0 amide bonds. The van der Waals surface area contributed by atoms with Gasteiger partial charge in [0.05, 0.1) is 12.7 Å². The second kappa shape index (κ2) is 11.1. The minimum absolute atomic E-state index is 0.215. The molecule has 28 heavy (non-hydrogen) atoms. The molecular formula is C23H28O5. The van der Waals surface area contributed by atoms with Crippen LogP contribution in [-0.2, 0) is 16.0 Å². The molecule has 0 saturated carbocycles. The third kappa shape index (κ3) is 8.27. The Hall–Kier alpha value is -2.79. The number of carbonyl (C=O) groups is 1. The molecule has 0 radical (unpaired) electrons. The Balaban J connectivity index is 1.72. The summed E-state index contributed by atoms with van der Waals surface area (Å²) in [6.07, 6.45) is 3.89. The van der Waals surface area contributed by atoms with E-state index in [2.05, 4.69) is 13.8 Å². The van der Waals surface area contributed by atoms with Gasteiger partial charge in [0, 0.05) is 12.5 Å². The van der Waals surface area contributed by atoms with Crippen LogP contribution in [0, 0.1) is 5.92 Å². The van der Waals surface area contributed by atoms with Crippen LogP contribution in [0.4, 0.5) is 0 Å². The molecule has 2 aromatic carbocycles. The zero-order valence-corrected chi connectivity index (χ0v) is 16.4. The van der Waals surface area contributed by atoms with E-state index in [0.717, 1.165) is 11.1 Å². The lowest BCUT2D eigenvalue weighted by Gasteiger charge is -2.14. The first-order valence-corrected chi connectivity index (χ1v) is 9.46. The third-order valence-corrected chi connectivity index (χ3v) is 4.05. The number of ether oxygens (including phenoxy) is 2. The highest BCUT2D eigenvalue weighted by molar-refractivity contribution is 5.87. The van der Waals surface area contributed by atoms with Crippen molar-refractivity contribution in [1.29, 1.82) is 0 Å². The Kier molecular flexibility index (Phi) is 8.56. The smallest absolute Gasteiger partial charge is 0.330 e. The molecule has 0 fully saturated rings. The summed E-state index contributed by atoms with van der Waals surface area (Å²) in [6.45, 7) is 4.66. The van der Waals surface area contributed by atoms with Crippen molar-refractivity contribution in [2.75, 3.05) is 13.2 Å². The number of aromatic hydroxyl groups is 1. The zero-order chi connectivity index (χ0) is 20.4. The van der Waals surface area contributed by atoms with Crippen LogP contribution in [0.25, 0.3) is 6.08 Å². The molecule has 0 aliphatic heterocycles. The number of esters is 1. The quantitative estimate of drug-likeness (QED) is 0.479. The van der Waals surface area contributed by atoms with Gasteiger partial charge in [-0.2, -0.15) is 0 Å². The SMILES string of the molecule is CC(C)CC(O)COc1ccc(/C=C/C(=O)OCCc2ccc(O)cc2)cc1. The van der Waals surface area contributed by atoms with E-state index >= 15 is 0 Å². The second-order valence-electron chi connectivity index (χ2n) is 7.08. The van der Waals surface area contributed by atoms with Crippen molar-refractivity contribution in [3.05, 3.63) is 65.7 Å². The van der Waals surface area contributed by atoms with Crippen molar-refractivity contribution >= 4 is 12.0 Å². The van der Waals surface area contributed by atoms with E-state index in [0.29, 0.717) is 24.5 Å². The van der Waals surface area contributed by atoms with Gasteiger partial charge in [-0.25, -0.2) is 4.79 Å². The lowest BCUT2D eigenvalue weighted by atomic mass is 10.1. The van der Waals surface area contributed by atoms with Gasteiger partial charge in [-0.1, -0.05) is 38.1 Å². The number of rotatable bonds is 10. The Morgan fingerprint density at radius 1 is 1.07 bits per heavy atom. The molecule has 2 aromatic rings. The fourth-order valence-corrected chi connectivity index (χ4v) is 2.62. The van der Waals surface area contributed by atoms with Crippen LogP contribution < -0.4 is 4.74 Å². The molecule has 0 saturated heterocycles. The van der Waals surface area contributed by atoms with Crippen LogP contribution in [-0.4, -0.2) is 35.5 Å². The number of carbonyl (C=O) groups excluding carboxylic acids is 1. The van der Waals surface area contributed by atoms with Gasteiger partial charge in [-0.15, -0.1) is 0 Å². The standard InChI is InChI=1S/C23H28O5/c1-17(2)15-21(25)16-28-22-10-5-18(6-11-22)7-12-23(26)27-14-13-19-3-8-20(24)9-4-19/h3-12,17,21,24-25H,13-16H2,1-2H3/b12-7+. The first kappa shape index (κ1) is 21.5. The monoisotopic (exact) mass is 384 g/mol. The number of hydrogen-bond donors (Lipinski definition) is 2. The minimum atomic E-state index is -0.476. The van der Waals surface area contributed by atoms with Gasteiger partial charge in [0.15, 0.2) is 0 Å². The van der Waals surface area contributed by atoms with Crippen LogP contribution in [0.2, 0.25) is 0 Å². The molecule has 2 N–H and O–H groups in total. The second-order valence-corrected chi connectivity index (χ2v) is 7.08. The van der Waals surface area contributed by atoms with Crippen molar-refractivity contribution in [2.24, 2.45) is 5.92 Å². The summed E-state index contributed by atoms with van der Waals surface area (Å²) in [4.78, 5) is 11.8. The summed E-state index contributed by atoms with van der Waals surface area (Å²) in [5.41, 5.74) is 1.84. The first-order chi connectivity index (χ1) is 13.4. The van der Waals surface area contributed by atoms with Gasteiger partial charge in [0.2, 0.25) is 0 Å². The van der Waals surface area contributed by atoms with E-state index in [4.69, 9.17) is 9.47 Å². The maximum atomic E-state index is 11.8. The first-order valence-electron chi connectivity index (χ1n) is 9.46. The summed E-state index contributed by atoms with van der Waals surface area (Å²) < 4.78 is 10.7. The fourth-order valence-electron chi connectivity index (χ4n) is 2.62. The van der Waals surface area contributed by atoms with Gasteiger partial charge in [-0.3, -0.25) is 0 Å². The number of benzene rings is 2. The summed E-state index contributed by atoms with van der Waals surface area (Å²) in [5, 5.41) is 19.1. The van der Waals surface area contributed by atoms with E-state index < -0.39 is 12.1 Å². The molecule has 5 nitrogen and oxygen atoms in total. The maximum Gasteiger partial charge on any atom is 0.330 e. The predicted octanol–water partition coefficient (Wildman–Crippen LogP) is 3.98. The Morgan fingerprint density at radius 2 is 1.75 bits per heavy atom. The molecule has 2 rings (SSSR count). The van der Waals surface area contributed by atoms with Gasteiger partial charge in [0.1, 0.15) is 18.1 Å². The lowest BCUT2D eigenvalue weighted by molar-refractivity contribution is -0.137. The van der Waals surface area contributed by atoms with Crippen LogP contribution in [0.1, 0.15) is 31.4 Å². The van der Waals surface area contributed by atoms with E-state index in [1.807, 2.05) is 12.1 Å². The van der Waals surface area contributed by atoms with Gasteiger partial charge in [0.25, 0.3) is 0 Å². The summed E-state index contributed by atoms with van der Waals surface area (Å²) in [6, 6.07) is 14.1. The maximum absolute atomic E-state index is 11.8. The molecule has 0 bridgehead atoms. The number of phenols is 1. The average molecular weight is 384 g/mol. The van der Waals surface area contributed by atoms with Crippen LogP contribution in [0.3, 0.4) is 0 Å². The highest BCUT2D eigenvalue weighted by Crippen LogP contribution is 2.15. The van der Waals surface area contributed by atoms with Gasteiger partial charge >= 0.3 is 5.97 Å². The van der Waals surface area contributed by atoms with Crippen molar-refractivity contribution in [3.8, 4) is 11.5 Å². The van der Waals surface area contributed by atoms with Crippen LogP contribution in [0.15, 0.2) is 54.6 Å². The number of aliphatic hydroxyl groups excluding tert-OH is 1. The minimum Gasteiger partial charge on any atom is -0.508 e. The predicted molar refractivity (Wildman–Crippen MR) is 109 cm³/mol. The van der Waals surface area contributed by atoms with Crippen molar-refractivity contribution in [3.63, 3.8) is 0 Å². The zero-order valence-electron chi connectivity index (χ0n) is 16.4. The van der Waals surface area contributed by atoms with E-state index in [1.54, 1.807) is 42.5 Å². The summed E-state index contributed by atoms with van der Waals surface area (Å²) in [5.74, 6) is 0.908. The van der Waals surface area contributed by atoms with Crippen molar-refractivity contribution < 1.29 is 24.5 Å². The van der Waals surface area contributed by atoms with Gasteiger partial charge in [-0.05, 0) is 53.8 Å². The van der Waals surface area contributed by atoms with Gasteiger partial charge < -0.3 is 19.7 Å². The molecule has 0 aromatic heterocycles. The third-order valence-electron chi connectivity index (χ3n) is 4.05. The molecule has 150 valence electrons. The topological polar surface area (TPSA) is 76.0 Å². The molecule has 5 heteroatoms. The fraction of sp³-hybridized carbons (Fsp3) is 0.348. The molecule has 0 spiro atoms. The van der Waals surface area contributed by atoms with Crippen molar-refractivity contribution in [1.82, 2.24) is 0 Å². The molecule has 0 heterocycles. The molecule has 1 atom stereocenters. The molecule has 1 unspecified atom stereocenters. The Morgan fingerprint density at radius 3 is 2.39 bits per heavy atom. The number of hydrogen-bond acceptors (Lipinski definition) is 5. The lowest BCUT2D eigenvalue weighted by Crippen LogP contribution is -2.19. The van der Waals surface area contributed by atoms with Crippen molar-refractivity contribution in [2.45, 2.75) is 32.8 Å².